The Morgan fingerprint density at radius 3 is 2.69 bits per heavy atom. The number of imidazole rings is 1. The fourth-order valence-corrected chi connectivity index (χ4v) is 2.92. The summed E-state index contributed by atoms with van der Waals surface area (Å²) in [7, 11) is 0. The average molecular weight is 384 g/mol. The molecule has 0 unspecified atom stereocenters. The molecule has 0 saturated carbocycles. The maximum absolute atomic E-state index is 12.9. The molecular formula is C22H16N4O3. The van der Waals surface area contributed by atoms with Gasteiger partial charge in [0.15, 0.2) is 0 Å². The fraction of sp³-hybridized carbons (Fsp3) is 0.0909. The number of nitrogens with zero attached hydrogens (tertiary/aromatic N) is 4. The predicted molar refractivity (Wildman–Crippen MR) is 108 cm³/mol. The zero-order valence-electron chi connectivity index (χ0n) is 15.3. The van der Waals surface area contributed by atoms with Gasteiger partial charge in [0.1, 0.15) is 0 Å². The van der Waals surface area contributed by atoms with E-state index in [0.29, 0.717) is 29.6 Å². The van der Waals surface area contributed by atoms with Crippen molar-refractivity contribution in [1.29, 1.82) is 0 Å². The van der Waals surface area contributed by atoms with Gasteiger partial charge in [0.2, 0.25) is 0 Å². The standard InChI is InChI=1S/C22H16N4O3/c27-21-19-12-17(2-1-9-25-11-8-23-15-25)13-24-20(19)7-10-26(21)14-16-3-5-18(6-4-16)22(28)29/h3-8,10-13,15H,9,14H2,(H,28,29). The second-order valence-electron chi connectivity index (χ2n) is 6.44. The smallest absolute Gasteiger partial charge is 0.335 e. The zero-order chi connectivity index (χ0) is 20.2. The van der Waals surface area contributed by atoms with Crippen molar-refractivity contribution in [3.05, 3.63) is 94.6 Å². The van der Waals surface area contributed by atoms with Crippen LogP contribution in [-0.4, -0.2) is 30.2 Å². The number of aromatic nitrogens is 4. The first-order valence-corrected chi connectivity index (χ1v) is 8.86. The summed E-state index contributed by atoms with van der Waals surface area (Å²) in [5, 5.41) is 9.48. The van der Waals surface area contributed by atoms with Crippen LogP contribution in [0, 0.1) is 11.8 Å². The van der Waals surface area contributed by atoms with Crippen molar-refractivity contribution in [2.24, 2.45) is 0 Å². The van der Waals surface area contributed by atoms with Crippen LogP contribution in [0.5, 0.6) is 0 Å². The Balaban J connectivity index is 1.61. The molecule has 4 rings (SSSR count). The lowest BCUT2D eigenvalue weighted by Gasteiger charge is -2.08. The Labute approximate surface area is 165 Å². The molecule has 1 N–H and O–H groups in total. The van der Waals surface area contributed by atoms with Crippen LogP contribution in [0.2, 0.25) is 0 Å². The lowest BCUT2D eigenvalue weighted by molar-refractivity contribution is 0.0697. The summed E-state index contributed by atoms with van der Waals surface area (Å²) < 4.78 is 3.42. The molecule has 3 aromatic heterocycles. The van der Waals surface area contributed by atoms with E-state index in [1.165, 1.54) is 12.1 Å². The van der Waals surface area contributed by atoms with Crippen LogP contribution in [0.3, 0.4) is 0 Å². The Morgan fingerprint density at radius 1 is 1.14 bits per heavy atom. The fourth-order valence-electron chi connectivity index (χ4n) is 2.92. The van der Waals surface area contributed by atoms with E-state index >= 15 is 0 Å². The SMILES string of the molecule is O=C(O)c1ccc(Cn2ccc3ncc(C#CCn4ccnc4)cc3c2=O)cc1. The molecule has 7 nitrogen and oxygen atoms in total. The number of carboxylic acids is 1. The van der Waals surface area contributed by atoms with Crippen LogP contribution in [0.15, 0.2) is 72.3 Å². The molecule has 29 heavy (non-hydrogen) atoms. The summed E-state index contributed by atoms with van der Waals surface area (Å²) in [6.07, 6.45) is 8.55. The quantitative estimate of drug-likeness (QED) is 0.546. The molecule has 142 valence electrons. The minimum Gasteiger partial charge on any atom is -0.478 e. The minimum absolute atomic E-state index is 0.171. The third-order valence-electron chi connectivity index (χ3n) is 4.43. The van der Waals surface area contributed by atoms with Crippen molar-refractivity contribution in [3.8, 4) is 11.8 Å². The number of hydrogen-bond acceptors (Lipinski definition) is 4. The number of fused-ring (bicyclic) bond motifs is 1. The summed E-state index contributed by atoms with van der Waals surface area (Å²) in [6.45, 7) is 0.842. The van der Waals surface area contributed by atoms with Crippen LogP contribution >= 0.6 is 0 Å². The number of benzene rings is 1. The molecule has 0 bridgehead atoms. The monoisotopic (exact) mass is 384 g/mol. The highest BCUT2D eigenvalue weighted by Gasteiger charge is 2.07. The first-order valence-electron chi connectivity index (χ1n) is 8.86. The van der Waals surface area contributed by atoms with Gasteiger partial charge in [0.05, 0.1) is 35.9 Å². The third-order valence-corrected chi connectivity index (χ3v) is 4.43. The van der Waals surface area contributed by atoms with E-state index in [4.69, 9.17) is 5.11 Å². The van der Waals surface area contributed by atoms with Crippen molar-refractivity contribution in [2.45, 2.75) is 13.1 Å². The Hall–Kier alpha value is -4.18. The molecule has 3 heterocycles. The molecule has 4 aromatic rings. The van der Waals surface area contributed by atoms with Crippen molar-refractivity contribution in [1.82, 2.24) is 19.1 Å². The molecule has 0 amide bonds. The normalized spacial score (nSPS) is 10.5. The first kappa shape index (κ1) is 18.2. The van der Waals surface area contributed by atoms with Crippen molar-refractivity contribution < 1.29 is 9.90 Å². The Morgan fingerprint density at radius 2 is 1.97 bits per heavy atom. The molecule has 0 radical (unpaired) electrons. The minimum atomic E-state index is -0.979. The number of aromatic carboxylic acids is 1. The van der Waals surface area contributed by atoms with Gasteiger partial charge >= 0.3 is 5.97 Å². The van der Waals surface area contributed by atoms with Gasteiger partial charge in [-0.05, 0) is 29.8 Å². The number of carboxylic acid groups (broad SMARTS) is 1. The molecule has 0 aliphatic carbocycles. The van der Waals surface area contributed by atoms with E-state index < -0.39 is 5.97 Å². The van der Waals surface area contributed by atoms with Gasteiger partial charge in [0.25, 0.3) is 5.56 Å². The molecule has 0 aliphatic heterocycles. The van der Waals surface area contributed by atoms with E-state index in [0.717, 1.165) is 5.56 Å². The second-order valence-corrected chi connectivity index (χ2v) is 6.44. The molecular weight excluding hydrogens is 368 g/mol. The highest BCUT2D eigenvalue weighted by atomic mass is 16.4. The summed E-state index contributed by atoms with van der Waals surface area (Å²) in [5.74, 6) is 5.08. The molecule has 1 aromatic carbocycles. The lowest BCUT2D eigenvalue weighted by Crippen LogP contribution is -2.20. The maximum atomic E-state index is 12.9. The summed E-state index contributed by atoms with van der Waals surface area (Å²) >= 11 is 0. The second kappa shape index (κ2) is 7.82. The molecule has 0 aliphatic rings. The van der Waals surface area contributed by atoms with Crippen LogP contribution in [0.25, 0.3) is 10.9 Å². The van der Waals surface area contributed by atoms with Gasteiger partial charge in [0, 0.05) is 30.4 Å². The van der Waals surface area contributed by atoms with Crippen LogP contribution in [0.1, 0.15) is 21.5 Å². The van der Waals surface area contributed by atoms with Crippen LogP contribution < -0.4 is 5.56 Å². The van der Waals surface area contributed by atoms with Crippen molar-refractivity contribution in [2.75, 3.05) is 0 Å². The summed E-state index contributed by atoms with van der Waals surface area (Å²) in [4.78, 5) is 32.2. The predicted octanol–water partition coefficient (Wildman–Crippen LogP) is 2.39. The van der Waals surface area contributed by atoms with Crippen molar-refractivity contribution in [3.63, 3.8) is 0 Å². The van der Waals surface area contributed by atoms with E-state index in [2.05, 4.69) is 21.8 Å². The third kappa shape index (κ3) is 4.06. The van der Waals surface area contributed by atoms with Gasteiger partial charge in [-0.25, -0.2) is 9.78 Å². The van der Waals surface area contributed by atoms with Crippen molar-refractivity contribution >= 4 is 16.9 Å². The zero-order valence-corrected chi connectivity index (χ0v) is 15.3. The highest BCUT2D eigenvalue weighted by molar-refractivity contribution is 5.87. The first-order chi connectivity index (χ1) is 14.1. The van der Waals surface area contributed by atoms with E-state index in [1.807, 2.05) is 10.8 Å². The summed E-state index contributed by atoms with van der Waals surface area (Å²) in [5.41, 5.74) is 2.14. The van der Waals surface area contributed by atoms with Gasteiger partial charge in [-0.1, -0.05) is 24.0 Å². The van der Waals surface area contributed by atoms with Gasteiger partial charge in [-0.2, -0.15) is 0 Å². The largest absolute Gasteiger partial charge is 0.478 e. The average Bonchev–Trinajstić information content (AvgIpc) is 3.24. The van der Waals surface area contributed by atoms with Gasteiger partial charge in [-0.15, -0.1) is 0 Å². The van der Waals surface area contributed by atoms with E-state index in [1.54, 1.807) is 53.8 Å². The van der Waals surface area contributed by atoms with Crippen LogP contribution in [-0.2, 0) is 13.1 Å². The molecule has 7 heteroatoms. The van der Waals surface area contributed by atoms with Gasteiger partial charge < -0.3 is 14.2 Å². The number of hydrogen-bond donors (Lipinski definition) is 1. The Kier molecular flexibility index (Phi) is 4.91. The van der Waals surface area contributed by atoms with Gasteiger partial charge in [-0.3, -0.25) is 9.78 Å². The van der Waals surface area contributed by atoms with Crippen LogP contribution in [0.4, 0.5) is 0 Å². The topological polar surface area (TPSA) is 90.0 Å². The Bertz CT molecular complexity index is 1290. The summed E-state index contributed by atoms with van der Waals surface area (Å²) in [6, 6.07) is 9.99. The van der Waals surface area contributed by atoms with E-state index in [9.17, 15) is 9.59 Å². The van der Waals surface area contributed by atoms with E-state index in [-0.39, 0.29) is 11.1 Å². The number of carbonyl (C=O) groups is 1. The maximum Gasteiger partial charge on any atom is 0.335 e. The lowest BCUT2D eigenvalue weighted by atomic mass is 10.1. The number of rotatable bonds is 4. The number of pyridine rings is 2. The molecule has 0 saturated heterocycles. The molecule has 0 atom stereocenters. The molecule has 0 fully saturated rings. The highest BCUT2D eigenvalue weighted by Crippen LogP contribution is 2.10. The molecule has 0 spiro atoms.